The Bertz CT molecular complexity index is 1810. The van der Waals surface area contributed by atoms with Crippen LogP contribution in [0, 0.1) is 18.8 Å². The van der Waals surface area contributed by atoms with Crippen molar-refractivity contribution >= 4 is 32.9 Å². The Balaban J connectivity index is 1.43. The zero-order valence-electron chi connectivity index (χ0n) is 24.9. The van der Waals surface area contributed by atoms with Crippen LogP contribution >= 0.6 is 0 Å². The van der Waals surface area contributed by atoms with Gasteiger partial charge in [0.25, 0.3) is 11.8 Å². The van der Waals surface area contributed by atoms with E-state index < -0.39 is 15.6 Å². The van der Waals surface area contributed by atoms with Crippen molar-refractivity contribution in [2.24, 2.45) is 11.4 Å². The molecule has 0 aliphatic rings. The van der Waals surface area contributed by atoms with E-state index in [0.29, 0.717) is 27.4 Å². The van der Waals surface area contributed by atoms with Crippen LogP contribution in [0.15, 0.2) is 82.3 Å². The van der Waals surface area contributed by atoms with Gasteiger partial charge in [0.05, 0.1) is 21.0 Å². The van der Waals surface area contributed by atoms with Crippen LogP contribution in [0.4, 0.5) is 11.4 Å². The highest BCUT2D eigenvalue weighted by Gasteiger charge is 2.13. The van der Waals surface area contributed by atoms with Gasteiger partial charge in [0.1, 0.15) is 5.69 Å². The molecule has 4 rings (SSSR count). The van der Waals surface area contributed by atoms with E-state index >= 15 is 0 Å². The Morgan fingerprint density at radius 1 is 1.00 bits per heavy atom. The Labute approximate surface area is 252 Å². The van der Waals surface area contributed by atoms with Crippen molar-refractivity contribution in [3.05, 3.63) is 101 Å². The second-order valence-electron chi connectivity index (χ2n) is 10.3. The summed E-state index contributed by atoms with van der Waals surface area (Å²) >= 11 is 0. The molecule has 0 saturated carbocycles. The summed E-state index contributed by atoms with van der Waals surface area (Å²) < 4.78 is 18.9. The predicted octanol–water partition coefficient (Wildman–Crippen LogP) is 4.44. The van der Waals surface area contributed by atoms with Crippen molar-refractivity contribution < 1.29 is 13.8 Å². The molecule has 0 saturated heterocycles. The van der Waals surface area contributed by atoms with E-state index in [0.717, 1.165) is 30.9 Å². The van der Waals surface area contributed by atoms with Crippen molar-refractivity contribution in [1.29, 1.82) is 0 Å². The third-order valence-corrected chi connectivity index (χ3v) is 8.01. The Hall–Kier alpha value is -4.79. The van der Waals surface area contributed by atoms with E-state index in [-0.39, 0.29) is 11.5 Å². The molecule has 0 aliphatic carbocycles. The monoisotopic (exact) mass is 597 g/mol. The van der Waals surface area contributed by atoms with Crippen molar-refractivity contribution in [2.75, 3.05) is 44.1 Å². The number of nitrogens with zero attached hydrogens (tertiary/aromatic N) is 5. The summed E-state index contributed by atoms with van der Waals surface area (Å²) in [6.07, 6.45) is 5.36. The standard InChI is InChI=1S/C32H35N7O3S/c1-23-18-30(39(4)36-23)32(41)35-28-9-6-8-24(20-28)10-11-25-19-26(22-33-21-25)31(40)37-43(5,42)29-14-12-27(13-15-29)34-16-7-17-38(2)3/h6,8-9,12-15,18-22,34H,7,16-17H2,1-5H3,(H,35,41). The first-order valence-corrected chi connectivity index (χ1v) is 15.6. The van der Waals surface area contributed by atoms with Gasteiger partial charge in [-0.1, -0.05) is 17.9 Å². The minimum absolute atomic E-state index is 0.188. The maximum Gasteiger partial charge on any atom is 0.286 e. The summed E-state index contributed by atoms with van der Waals surface area (Å²) in [5, 5.41) is 10.4. The van der Waals surface area contributed by atoms with Gasteiger partial charge in [-0.2, -0.15) is 9.46 Å². The number of nitrogens with one attached hydrogen (secondary N) is 2. The molecule has 43 heavy (non-hydrogen) atoms. The molecular weight excluding hydrogens is 562 g/mol. The molecule has 4 aromatic rings. The lowest BCUT2D eigenvalue weighted by Gasteiger charge is -2.11. The fraction of sp³-hybridized carbons (Fsp3) is 0.250. The lowest BCUT2D eigenvalue weighted by atomic mass is 10.1. The molecule has 2 N–H and O–H groups in total. The van der Waals surface area contributed by atoms with Crippen LogP contribution in [0.3, 0.4) is 0 Å². The second-order valence-corrected chi connectivity index (χ2v) is 12.6. The van der Waals surface area contributed by atoms with Crippen LogP contribution in [0.25, 0.3) is 0 Å². The van der Waals surface area contributed by atoms with Gasteiger partial charge in [-0.05, 0) is 88.6 Å². The highest BCUT2D eigenvalue weighted by Crippen LogP contribution is 2.18. The lowest BCUT2D eigenvalue weighted by Crippen LogP contribution is -2.16. The van der Waals surface area contributed by atoms with Gasteiger partial charge in [-0.15, -0.1) is 0 Å². The average Bonchev–Trinajstić information content (AvgIpc) is 3.32. The van der Waals surface area contributed by atoms with Crippen molar-refractivity contribution in [1.82, 2.24) is 19.7 Å². The SMILES string of the molecule is Cc1cc(C(=O)Nc2cccc(C#Cc3cncc(C(=O)N=S(C)(=O)c4ccc(NCCCN(C)C)cc4)c3)c2)n(C)n1. The fourth-order valence-corrected chi connectivity index (χ4v) is 5.35. The zero-order chi connectivity index (χ0) is 31.0. The summed E-state index contributed by atoms with van der Waals surface area (Å²) in [4.78, 5) is 32.3. The summed E-state index contributed by atoms with van der Waals surface area (Å²) in [5.74, 6) is 5.12. The van der Waals surface area contributed by atoms with Crippen LogP contribution in [-0.2, 0) is 16.8 Å². The first-order chi connectivity index (χ1) is 20.5. The van der Waals surface area contributed by atoms with Crippen molar-refractivity contribution in [2.45, 2.75) is 18.2 Å². The molecule has 0 aliphatic heterocycles. The molecule has 0 fully saturated rings. The van der Waals surface area contributed by atoms with Gasteiger partial charge >= 0.3 is 0 Å². The normalized spacial score (nSPS) is 12.1. The van der Waals surface area contributed by atoms with E-state index in [2.05, 4.69) is 41.8 Å². The van der Waals surface area contributed by atoms with Crippen LogP contribution in [0.2, 0.25) is 0 Å². The molecule has 2 amide bonds. The number of pyridine rings is 1. The molecule has 11 heteroatoms. The third-order valence-electron chi connectivity index (χ3n) is 6.35. The Kier molecular flexibility index (Phi) is 10.1. The molecule has 1 atom stereocenters. The van der Waals surface area contributed by atoms with Crippen LogP contribution < -0.4 is 10.6 Å². The number of amides is 2. The molecule has 10 nitrogen and oxygen atoms in total. The Morgan fingerprint density at radius 2 is 1.74 bits per heavy atom. The number of hydrogen-bond acceptors (Lipinski definition) is 7. The number of benzene rings is 2. The summed E-state index contributed by atoms with van der Waals surface area (Å²) in [6, 6.07) is 17.5. The zero-order valence-corrected chi connectivity index (χ0v) is 25.7. The maximum absolute atomic E-state index is 13.3. The van der Waals surface area contributed by atoms with Gasteiger partial charge in [-0.3, -0.25) is 19.3 Å². The first-order valence-electron chi connectivity index (χ1n) is 13.6. The van der Waals surface area contributed by atoms with Gasteiger partial charge in [0.2, 0.25) is 0 Å². The van der Waals surface area contributed by atoms with Crippen LogP contribution in [-0.4, -0.2) is 69.1 Å². The highest BCUT2D eigenvalue weighted by molar-refractivity contribution is 7.93. The molecule has 0 radical (unpaired) electrons. The van der Waals surface area contributed by atoms with Crippen molar-refractivity contribution in [3.63, 3.8) is 0 Å². The molecule has 0 bridgehead atoms. The number of hydrogen-bond donors (Lipinski definition) is 2. The molecular formula is C32H35N7O3S. The van der Waals surface area contributed by atoms with Crippen LogP contribution in [0.5, 0.6) is 0 Å². The minimum atomic E-state index is -2.98. The molecule has 0 spiro atoms. The summed E-state index contributed by atoms with van der Waals surface area (Å²) in [5.41, 5.74) is 4.04. The number of carbonyl (C=O) groups is 2. The van der Waals surface area contributed by atoms with Crippen molar-refractivity contribution in [3.8, 4) is 11.8 Å². The maximum atomic E-state index is 13.3. The number of carbonyl (C=O) groups excluding carboxylic acids is 2. The molecule has 2 aromatic carbocycles. The van der Waals surface area contributed by atoms with E-state index in [1.807, 2.05) is 39.2 Å². The highest BCUT2D eigenvalue weighted by atomic mass is 32.2. The number of anilines is 2. The number of aromatic nitrogens is 3. The smallest absolute Gasteiger partial charge is 0.286 e. The summed E-state index contributed by atoms with van der Waals surface area (Å²) in [6.45, 7) is 3.63. The third kappa shape index (κ3) is 8.85. The first kappa shape index (κ1) is 31.2. The van der Waals surface area contributed by atoms with Gasteiger partial charge in [-0.25, -0.2) is 4.21 Å². The molecule has 1 unspecified atom stereocenters. The average molecular weight is 598 g/mol. The quantitative estimate of drug-likeness (QED) is 0.216. The second kappa shape index (κ2) is 13.9. The Morgan fingerprint density at radius 3 is 2.44 bits per heavy atom. The number of rotatable bonds is 9. The summed E-state index contributed by atoms with van der Waals surface area (Å²) in [7, 11) is 2.81. The van der Waals surface area contributed by atoms with E-state index in [1.54, 1.807) is 49.5 Å². The fourth-order valence-electron chi connectivity index (χ4n) is 4.18. The van der Waals surface area contributed by atoms with E-state index in [4.69, 9.17) is 0 Å². The van der Waals surface area contributed by atoms with Crippen LogP contribution in [0.1, 0.15) is 44.1 Å². The largest absolute Gasteiger partial charge is 0.385 e. The van der Waals surface area contributed by atoms with E-state index in [9.17, 15) is 13.8 Å². The van der Waals surface area contributed by atoms with Gasteiger partial charge < -0.3 is 15.5 Å². The van der Waals surface area contributed by atoms with Gasteiger partial charge in [0, 0.05) is 59.6 Å². The number of aryl methyl sites for hydroxylation is 2. The minimum Gasteiger partial charge on any atom is -0.385 e. The topological polar surface area (TPSA) is 122 Å². The lowest BCUT2D eigenvalue weighted by molar-refractivity contribution is 0.0999. The van der Waals surface area contributed by atoms with Gasteiger partial charge in [0.15, 0.2) is 0 Å². The molecule has 2 heterocycles. The molecule has 222 valence electrons. The predicted molar refractivity (Wildman–Crippen MR) is 170 cm³/mol. The van der Waals surface area contributed by atoms with E-state index in [1.165, 1.54) is 23.3 Å². The molecule has 2 aromatic heterocycles.